The van der Waals surface area contributed by atoms with Gasteiger partial charge in [-0.05, 0) is 60.9 Å². The van der Waals surface area contributed by atoms with Crippen LogP contribution in [0.25, 0.3) is 5.57 Å². The number of halogens is 2. The Labute approximate surface area is 191 Å². The van der Waals surface area contributed by atoms with Gasteiger partial charge in [0, 0.05) is 24.7 Å². The molecule has 0 bridgehead atoms. The molecule has 172 valence electrons. The molecule has 4 rings (SSSR count). The molecule has 3 nitrogen and oxygen atoms in total. The number of hydrogen-bond acceptors (Lipinski definition) is 3. The van der Waals surface area contributed by atoms with Crippen molar-refractivity contribution in [2.24, 2.45) is 0 Å². The van der Waals surface area contributed by atoms with Gasteiger partial charge < -0.3 is 15.1 Å². The summed E-state index contributed by atoms with van der Waals surface area (Å²) in [7, 11) is 0. The molecule has 0 atom stereocenters. The lowest BCUT2D eigenvalue weighted by atomic mass is 9.86. The van der Waals surface area contributed by atoms with Crippen LogP contribution in [0.2, 0.25) is 0 Å². The van der Waals surface area contributed by atoms with Crippen molar-refractivity contribution in [3.63, 3.8) is 0 Å². The minimum atomic E-state index is -1.55. The van der Waals surface area contributed by atoms with E-state index in [2.05, 4.69) is 60.2 Å². The van der Waals surface area contributed by atoms with Gasteiger partial charge in [0.1, 0.15) is 0 Å². The number of piperidine rings is 1. The first-order valence-corrected chi connectivity index (χ1v) is 11.8. The normalized spacial score (nSPS) is 17.2. The second-order valence-electron chi connectivity index (χ2n) is 10.1. The number of nitrogens with one attached hydrogen (secondary N) is 1. The number of hydrogen-bond donors (Lipinski definition) is 1. The topological polar surface area (TPSA) is 18.5 Å². The molecule has 0 radical (unpaired) electrons. The van der Waals surface area contributed by atoms with E-state index < -0.39 is 6.08 Å². The molecule has 0 aromatic heterocycles. The van der Waals surface area contributed by atoms with E-state index in [0.717, 1.165) is 45.6 Å². The predicted molar refractivity (Wildman–Crippen MR) is 130 cm³/mol. The quantitative estimate of drug-likeness (QED) is 0.539. The number of allylic oxidation sites excluding steroid dienone is 1. The summed E-state index contributed by atoms with van der Waals surface area (Å²) in [6.45, 7) is 10.2. The lowest BCUT2D eigenvalue weighted by Gasteiger charge is -2.37. The maximum atomic E-state index is 13.7. The summed E-state index contributed by atoms with van der Waals surface area (Å²) in [4.78, 5) is 4.91. The molecule has 2 aliphatic rings. The molecule has 0 aliphatic carbocycles. The summed E-state index contributed by atoms with van der Waals surface area (Å²) in [5.74, 6) is 0. The van der Waals surface area contributed by atoms with Crippen LogP contribution in [0.15, 0.2) is 54.6 Å². The molecule has 1 saturated heterocycles. The van der Waals surface area contributed by atoms with Crippen molar-refractivity contribution in [1.82, 2.24) is 4.90 Å². The van der Waals surface area contributed by atoms with Gasteiger partial charge in [-0.15, -0.1) is 0 Å². The summed E-state index contributed by atoms with van der Waals surface area (Å²) in [5.41, 5.74) is 4.56. The summed E-state index contributed by atoms with van der Waals surface area (Å²) < 4.78 is 27.4. The minimum Gasteiger partial charge on any atom is -0.366 e. The lowest BCUT2D eigenvalue weighted by Crippen LogP contribution is -2.45. The Balaban J connectivity index is 1.27. The van der Waals surface area contributed by atoms with Crippen molar-refractivity contribution in [3.8, 4) is 0 Å². The standard InChI is InChI=1S/C27H35F2N3/c1-27(2,3)21-12-10-20(11-13-21)23(26(28)29)7-6-16-31-17-14-22(15-18-31)32-19-30-24-8-4-5-9-25(24)32/h4-5,8-13,22,30H,6-7,14-19H2,1-3H3. The Morgan fingerprint density at radius 1 is 1.00 bits per heavy atom. The Bertz CT molecular complexity index is 934. The second-order valence-corrected chi connectivity index (χ2v) is 10.1. The van der Waals surface area contributed by atoms with Gasteiger partial charge in [0.15, 0.2) is 0 Å². The molecule has 5 heteroatoms. The average molecular weight is 440 g/mol. The number of benzene rings is 2. The zero-order valence-electron chi connectivity index (χ0n) is 19.5. The monoisotopic (exact) mass is 439 g/mol. The summed E-state index contributed by atoms with van der Waals surface area (Å²) in [6.07, 6.45) is 1.86. The van der Waals surface area contributed by atoms with Crippen molar-refractivity contribution < 1.29 is 8.78 Å². The van der Waals surface area contributed by atoms with Crippen molar-refractivity contribution in [2.75, 3.05) is 36.5 Å². The second kappa shape index (κ2) is 9.62. The van der Waals surface area contributed by atoms with E-state index in [1.54, 1.807) is 0 Å². The van der Waals surface area contributed by atoms with E-state index in [-0.39, 0.29) is 11.0 Å². The number of nitrogens with zero attached hydrogens (tertiary/aromatic N) is 2. The fourth-order valence-corrected chi connectivity index (χ4v) is 4.91. The third-order valence-electron chi connectivity index (χ3n) is 6.88. The van der Waals surface area contributed by atoms with Crippen LogP contribution in [0, 0.1) is 0 Å². The lowest BCUT2D eigenvalue weighted by molar-refractivity contribution is 0.208. The molecule has 32 heavy (non-hydrogen) atoms. The minimum absolute atomic E-state index is 0.0238. The van der Waals surface area contributed by atoms with Gasteiger partial charge >= 0.3 is 0 Å². The van der Waals surface area contributed by atoms with Gasteiger partial charge in [0.2, 0.25) is 0 Å². The third kappa shape index (κ3) is 5.15. The summed E-state index contributed by atoms with van der Waals surface area (Å²) in [5, 5.41) is 3.48. The van der Waals surface area contributed by atoms with E-state index in [0.29, 0.717) is 18.0 Å². The first-order chi connectivity index (χ1) is 15.3. The number of para-hydroxylation sites is 2. The molecular formula is C27H35F2N3. The highest BCUT2D eigenvalue weighted by molar-refractivity contribution is 5.75. The van der Waals surface area contributed by atoms with Gasteiger partial charge in [-0.3, -0.25) is 0 Å². The number of likely N-dealkylation sites (tertiary alicyclic amines) is 1. The fraction of sp³-hybridized carbons (Fsp3) is 0.481. The Kier molecular flexibility index (Phi) is 6.85. The average Bonchev–Trinajstić information content (AvgIpc) is 3.21. The highest BCUT2D eigenvalue weighted by atomic mass is 19.3. The van der Waals surface area contributed by atoms with Crippen molar-refractivity contribution >= 4 is 16.9 Å². The molecule has 0 spiro atoms. The molecule has 2 aromatic carbocycles. The van der Waals surface area contributed by atoms with E-state index in [4.69, 9.17) is 0 Å². The smallest absolute Gasteiger partial charge is 0.274 e. The first-order valence-electron chi connectivity index (χ1n) is 11.8. The number of anilines is 2. The predicted octanol–water partition coefficient (Wildman–Crippen LogP) is 6.73. The van der Waals surface area contributed by atoms with Crippen LogP contribution in [0.1, 0.15) is 57.6 Å². The van der Waals surface area contributed by atoms with Gasteiger partial charge in [-0.1, -0.05) is 57.2 Å². The van der Waals surface area contributed by atoms with E-state index in [1.807, 2.05) is 24.3 Å². The SMILES string of the molecule is CC(C)(C)c1ccc(C(CCCN2CCC(N3CNc4ccccc43)CC2)=C(F)F)cc1. The largest absolute Gasteiger partial charge is 0.366 e. The molecule has 2 aromatic rings. The number of rotatable bonds is 6. The first kappa shape index (κ1) is 22.8. The number of fused-ring (bicyclic) bond motifs is 1. The Morgan fingerprint density at radius 3 is 2.34 bits per heavy atom. The van der Waals surface area contributed by atoms with Gasteiger partial charge in [-0.25, -0.2) is 0 Å². The van der Waals surface area contributed by atoms with Crippen LogP contribution in [0.3, 0.4) is 0 Å². The molecule has 0 unspecified atom stereocenters. The van der Waals surface area contributed by atoms with Crippen LogP contribution in [0.5, 0.6) is 0 Å². The molecule has 0 saturated carbocycles. The molecule has 1 fully saturated rings. The van der Waals surface area contributed by atoms with Gasteiger partial charge in [-0.2, -0.15) is 8.78 Å². The van der Waals surface area contributed by atoms with Crippen LogP contribution in [-0.4, -0.2) is 37.2 Å². The van der Waals surface area contributed by atoms with Crippen LogP contribution in [-0.2, 0) is 5.41 Å². The van der Waals surface area contributed by atoms with Crippen molar-refractivity contribution in [2.45, 2.75) is 57.9 Å². The van der Waals surface area contributed by atoms with E-state index >= 15 is 0 Å². The maximum Gasteiger partial charge on any atom is 0.274 e. The van der Waals surface area contributed by atoms with Crippen LogP contribution >= 0.6 is 0 Å². The Morgan fingerprint density at radius 2 is 1.69 bits per heavy atom. The summed E-state index contributed by atoms with van der Waals surface area (Å²) >= 11 is 0. The molecule has 2 aliphatic heterocycles. The zero-order chi connectivity index (χ0) is 22.7. The molecular weight excluding hydrogens is 404 g/mol. The molecule has 2 heterocycles. The van der Waals surface area contributed by atoms with Crippen molar-refractivity contribution in [1.29, 1.82) is 0 Å². The molecule has 1 N–H and O–H groups in total. The van der Waals surface area contributed by atoms with Gasteiger partial charge in [0.05, 0.1) is 18.0 Å². The van der Waals surface area contributed by atoms with E-state index in [1.165, 1.54) is 16.9 Å². The van der Waals surface area contributed by atoms with Crippen molar-refractivity contribution in [3.05, 3.63) is 65.7 Å². The van der Waals surface area contributed by atoms with Crippen LogP contribution < -0.4 is 10.2 Å². The highest BCUT2D eigenvalue weighted by Gasteiger charge is 2.28. The third-order valence-corrected chi connectivity index (χ3v) is 6.88. The summed E-state index contributed by atoms with van der Waals surface area (Å²) in [6, 6.07) is 16.7. The zero-order valence-corrected chi connectivity index (χ0v) is 19.5. The van der Waals surface area contributed by atoms with Crippen LogP contribution in [0.4, 0.5) is 20.2 Å². The molecule has 0 amide bonds. The maximum absolute atomic E-state index is 13.7. The Hall–Kier alpha value is -2.40. The van der Waals surface area contributed by atoms with Gasteiger partial charge in [0.25, 0.3) is 6.08 Å². The van der Waals surface area contributed by atoms with E-state index in [9.17, 15) is 8.78 Å². The fourth-order valence-electron chi connectivity index (χ4n) is 4.91. The highest BCUT2D eigenvalue weighted by Crippen LogP contribution is 2.35.